The molecule has 0 amide bonds. The first-order chi connectivity index (χ1) is 5.93. The maximum atomic E-state index is 8.55. The molecular formula is C8H8Na3O4P. The summed E-state index contributed by atoms with van der Waals surface area (Å²) in [7, 11) is -5.39. The van der Waals surface area contributed by atoms with E-state index in [0.717, 1.165) is 0 Å². The Bertz CT molecular complexity index is 293. The summed E-state index contributed by atoms with van der Waals surface area (Å²) in [6.45, 7) is 3.63. The molecule has 0 aliphatic heterocycles. The van der Waals surface area contributed by atoms with Crippen LogP contribution in [0.25, 0.3) is 6.08 Å². The van der Waals surface area contributed by atoms with E-state index in [4.69, 9.17) is 19.2 Å². The fourth-order valence-corrected chi connectivity index (χ4v) is 0.589. The molecule has 0 heterocycles. The Balaban J connectivity index is -0.0000000818. The third-order valence-corrected chi connectivity index (χ3v) is 1.04. The predicted molar refractivity (Wildman–Crippen MR) is 44.1 cm³/mol. The largest absolute Gasteiger partial charge is 1.00 e. The first-order valence-electron chi connectivity index (χ1n) is 3.34. The average molecular weight is 268 g/mol. The molecule has 0 spiro atoms. The van der Waals surface area contributed by atoms with Gasteiger partial charge >= 0.3 is 88.7 Å². The molecule has 1 aromatic carbocycles. The topological polar surface area (TPSA) is 86.2 Å². The molecule has 0 saturated heterocycles. The van der Waals surface area contributed by atoms with Crippen molar-refractivity contribution in [3.8, 4) is 0 Å². The Morgan fingerprint density at radius 1 is 1.00 bits per heavy atom. The maximum absolute atomic E-state index is 8.55. The van der Waals surface area contributed by atoms with E-state index in [0.29, 0.717) is 0 Å². The molecule has 0 bridgehead atoms. The van der Waals surface area contributed by atoms with Crippen LogP contribution in [0.5, 0.6) is 0 Å². The molecule has 0 N–H and O–H groups in total. The van der Waals surface area contributed by atoms with Crippen LogP contribution in [0.4, 0.5) is 0 Å². The molecule has 0 radical (unpaired) electrons. The number of phosphoric acid groups is 1. The first kappa shape index (κ1) is 26.6. The van der Waals surface area contributed by atoms with Gasteiger partial charge in [0.2, 0.25) is 0 Å². The van der Waals surface area contributed by atoms with Crippen molar-refractivity contribution in [2.75, 3.05) is 0 Å². The molecule has 72 valence electrons. The van der Waals surface area contributed by atoms with Gasteiger partial charge in [-0.2, -0.15) is 7.82 Å². The summed E-state index contributed by atoms with van der Waals surface area (Å²) in [6, 6.07) is 10.0. The van der Waals surface area contributed by atoms with Gasteiger partial charge in [0.1, 0.15) is 0 Å². The van der Waals surface area contributed by atoms with Crippen LogP contribution in [-0.2, 0) is 4.57 Å². The number of hydrogen-bond acceptors (Lipinski definition) is 4. The molecule has 0 saturated carbocycles. The van der Waals surface area contributed by atoms with Crippen molar-refractivity contribution in [2.24, 2.45) is 0 Å². The standard InChI is InChI=1S/C8H8.3Na.H3O4P/c1-2-8-6-4-3-5-7-8;;;;1-5(2,3)4/h2-7H,1H2;;;;(H3,1,2,3,4)/q;3*+1;/p-3. The van der Waals surface area contributed by atoms with Crippen LogP contribution < -0.4 is 103 Å². The van der Waals surface area contributed by atoms with E-state index < -0.39 is 7.82 Å². The fourth-order valence-electron chi connectivity index (χ4n) is 0.589. The summed E-state index contributed by atoms with van der Waals surface area (Å²) in [4.78, 5) is 25.6. The van der Waals surface area contributed by atoms with E-state index in [2.05, 4.69) is 6.58 Å². The van der Waals surface area contributed by atoms with Gasteiger partial charge in [-0.15, -0.1) is 0 Å². The van der Waals surface area contributed by atoms with Crippen molar-refractivity contribution in [3.63, 3.8) is 0 Å². The van der Waals surface area contributed by atoms with Gasteiger partial charge in [-0.3, -0.25) is 0 Å². The number of benzene rings is 1. The van der Waals surface area contributed by atoms with Crippen LogP contribution >= 0.6 is 7.82 Å². The minimum atomic E-state index is -5.39. The Morgan fingerprint density at radius 2 is 1.31 bits per heavy atom. The van der Waals surface area contributed by atoms with Crippen LogP contribution in [-0.4, -0.2) is 0 Å². The zero-order valence-corrected chi connectivity index (χ0v) is 16.6. The van der Waals surface area contributed by atoms with Crippen molar-refractivity contribution >= 4 is 13.9 Å². The zero-order chi connectivity index (χ0) is 10.3. The first-order valence-corrected chi connectivity index (χ1v) is 4.80. The van der Waals surface area contributed by atoms with E-state index in [1.165, 1.54) is 5.56 Å². The van der Waals surface area contributed by atoms with Crippen molar-refractivity contribution in [2.45, 2.75) is 0 Å². The summed E-state index contributed by atoms with van der Waals surface area (Å²) in [5.41, 5.74) is 1.17. The van der Waals surface area contributed by atoms with Crippen LogP contribution in [0.15, 0.2) is 36.9 Å². The second-order valence-electron chi connectivity index (χ2n) is 2.06. The van der Waals surface area contributed by atoms with Crippen LogP contribution in [0.3, 0.4) is 0 Å². The Kier molecular flexibility index (Phi) is 25.1. The molecule has 16 heavy (non-hydrogen) atoms. The summed E-state index contributed by atoms with van der Waals surface area (Å²) < 4.78 is 8.55. The molecule has 8 heteroatoms. The van der Waals surface area contributed by atoms with Gasteiger partial charge in [-0.1, -0.05) is 43.0 Å². The SMILES string of the molecule is C=Cc1ccccc1.O=P([O-])([O-])[O-].[Na+].[Na+].[Na+]. The Hall–Kier alpha value is 2.07. The van der Waals surface area contributed by atoms with Gasteiger partial charge < -0.3 is 19.2 Å². The molecule has 4 nitrogen and oxygen atoms in total. The van der Waals surface area contributed by atoms with Crippen LogP contribution in [0.2, 0.25) is 0 Å². The van der Waals surface area contributed by atoms with Crippen molar-refractivity contribution in [3.05, 3.63) is 42.5 Å². The fraction of sp³-hybridized carbons (Fsp3) is 0. The molecule has 0 aliphatic carbocycles. The van der Waals surface area contributed by atoms with E-state index >= 15 is 0 Å². The quantitative estimate of drug-likeness (QED) is 0.374. The third kappa shape index (κ3) is 25.1. The van der Waals surface area contributed by atoms with Gasteiger partial charge in [0.05, 0.1) is 0 Å². The molecule has 0 unspecified atom stereocenters. The van der Waals surface area contributed by atoms with Crippen molar-refractivity contribution in [1.29, 1.82) is 0 Å². The predicted octanol–water partition coefficient (Wildman–Crippen LogP) is -9.48. The third-order valence-electron chi connectivity index (χ3n) is 1.04. The van der Waals surface area contributed by atoms with Crippen molar-refractivity contribution in [1.82, 2.24) is 0 Å². The smallest absolute Gasteiger partial charge is 0.822 e. The summed E-state index contributed by atoms with van der Waals surface area (Å²) >= 11 is 0. The van der Waals surface area contributed by atoms with E-state index in [9.17, 15) is 0 Å². The molecule has 0 atom stereocenters. The average Bonchev–Trinajstić information content (AvgIpc) is 2.03. The second-order valence-corrected chi connectivity index (χ2v) is 2.96. The number of rotatable bonds is 1. The minimum Gasteiger partial charge on any atom is -0.822 e. The van der Waals surface area contributed by atoms with Crippen molar-refractivity contribution < 1.29 is 108 Å². The second kappa shape index (κ2) is 15.1. The van der Waals surface area contributed by atoms with E-state index in [1.807, 2.05) is 36.4 Å². The zero-order valence-electron chi connectivity index (χ0n) is 9.75. The van der Waals surface area contributed by atoms with Gasteiger partial charge in [-0.05, 0) is 5.56 Å². The molecule has 1 rings (SSSR count). The molecule has 0 aliphatic rings. The summed E-state index contributed by atoms with van der Waals surface area (Å²) in [5, 5.41) is 0. The van der Waals surface area contributed by atoms with E-state index in [-0.39, 0.29) is 88.7 Å². The summed E-state index contributed by atoms with van der Waals surface area (Å²) in [6.07, 6.45) is 1.83. The van der Waals surface area contributed by atoms with Crippen LogP contribution in [0.1, 0.15) is 5.56 Å². The Morgan fingerprint density at radius 3 is 1.50 bits per heavy atom. The molecule has 0 fully saturated rings. The van der Waals surface area contributed by atoms with Gasteiger partial charge in [-0.25, -0.2) is 0 Å². The molecular weight excluding hydrogens is 260 g/mol. The minimum absolute atomic E-state index is 0. The van der Waals surface area contributed by atoms with E-state index in [1.54, 1.807) is 0 Å². The molecule has 0 aromatic heterocycles. The monoisotopic (exact) mass is 268 g/mol. The van der Waals surface area contributed by atoms with Crippen LogP contribution in [0, 0.1) is 0 Å². The Labute approximate surface area is 162 Å². The van der Waals surface area contributed by atoms with Gasteiger partial charge in [0.25, 0.3) is 0 Å². The maximum Gasteiger partial charge on any atom is 1.00 e. The van der Waals surface area contributed by atoms with Gasteiger partial charge in [0, 0.05) is 0 Å². The number of hydrogen-bond donors (Lipinski definition) is 0. The van der Waals surface area contributed by atoms with Gasteiger partial charge in [0.15, 0.2) is 0 Å². The normalized spacial score (nSPS) is 7.94. The summed E-state index contributed by atoms with van der Waals surface area (Å²) in [5.74, 6) is 0. The molecule has 1 aromatic rings.